The number of piperidine rings is 1. The summed E-state index contributed by atoms with van der Waals surface area (Å²) >= 11 is 0. The van der Waals surface area contributed by atoms with Gasteiger partial charge in [0.1, 0.15) is 6.29 Å². The number of aldehydes is 1. The number of sulfonamides is 1. The Morgan fingerprint density at radius 1 is 1.03 bits per heavy atom. The smallest absolute Gasteiger partial charge is 0.232 e. The fourth-order valence-electron chi connectivity index (χ4n) is 4.16. The van der Waals surface area contributed by atoms with Gasteiger partial charge in [0.05, 0.1) is 11.9 Å². The average molecular weight is 491 g/mol. The number of allylic oxidation sites excluding steroid dienone is 5. The number of para-hydroxylation sites is 1. The Kier molecular flexibility index (Phi) is 16.2. The van der Waals surface area contributed by atoms with Crippen LogP contribution in [-0.2, 0) is 20.2 Å². The summed E-state index contributed by atoms with van der Waals surface area (Å²) in [6, 6.07) is 7.91. The van der Waals surface area contributed by atoms with Gasteiger partial charge in [-0.2, -0.15) is 0 Å². The molecule has 1 aromatic rings. The van der Waals surface area contributed by atoms with Crippen LogP contribution in [0.2, 0.25) is 0 Å². The molecular weight excluding hydrogens is 444 g/mol. The standard InChI is InChI=1S/C17H24N2O3S.C7H10.2C2H6/c1-23(21,22)19-14-17(15-6-2-3-7-16(15)19)8-11-18(12-9-17)10-4-5-13-20;1-3-5-7-6-4-2;2*1-2/h2-3,6-7,13H,4-5,8-12,14H2,1H3;3-7H,1H2,2H3;2*1-2H3/b;6-4-,7-5-;;. The lowest BCUT2D eigenvalue weighted by molar-refractivity contribution is -0.108. The monoisotopic (exact) mass is 490 g/mol. The highest BCUT2D eigenvalue weighted by molar-refractivity contribution is 7.92. The maximum atomic E-state index is 12.1. The molecule has 0 amide bonds. The summed E-state index contributed by atoms with van der Waals surface area (Å²) in [4.78, 5) is 12.8. The number of hydrogen-bond acceptors (Lipinski definition) is 4. The minimum absolute atomic E-state index is 0.0547. The molecule has 2 aliphatic heterocycles. The molecule has 1 aromatic carbocycles. The third-order valence-corrected chi connectivity index (χ3v) is 6.88. The Bertz CT molecular complexity index is 867. The molecule has 6 heteroatoms. The van der Waals surface area contributed by atoms with E-state index in [2.05, 4.69) is 17.5 Å². The Balaban J connectivity index is 0.000000844. The lowest BCUT2D eigenvalue weighted by Crippen LogP contribution is -2.46. The third kappa shape index (κ3) is 9.59. The molecule has 0 saturated carbocycles. The van der Waals surface area contributed by atoms with Crippen molar-refractivity contribution in [3.63, 3.8) is 0 Å². The quantitative estimate of drug-likeness (QED) is 0.262. The molecule has 5 nitrogen and oxygen atoms in total. The summed E-state index contributed by atoms with van der Waals surface area (Å²) in [5, 5.41) is 0. The predicted octanol–water partition coefficient (Wildman–Crippen LogP) is 6.14. The molecule has 1 saturated heterocycles. The largest absolute Gasteiger partial charge is 0.303 e. The number of carbonyl (C=O) groups excluding carboxylic acids is 1. The van der Waals surface area contributed by atoms with Crippen LogP contribution in [0.4, 0.5) is 5.69 Å². The third-order valence-electron chi connectivity index (χ3n) is 5.75. The molecule has 0 unspecified atom stereocenters. The molecule has 34 heavy (non-hydrogen) atoms. The summed E-state index contributed by atoms with van der Waals surface area (Å²) in [6.07, 6.45) is 15.2. The van der Waals surface area contributed by atoms with Crippen LogP contribution in [0.1, 0.15) is 65.9 Å². The van der Waals surface area contributed by atoms with Crippen molar-refractivity contribution in [2.75, 3.05) is 36.7 Å². The van der Waals surface area contributed by atoms with E-state index < -0.39 is 10.0 Å². The number of benzene rings is 1. The Hall–Kier alpha value is -2.18. The van der Waals surface area contributed by atoms with Gasteiger partial charge in [-0.3, -0.25) is 4.31 Å². The number of likely N-dealkylation sites (tertiary alicyclic amines) is 1. The summed E-state index contributed by atoms with van der Waals surface area (Å²) in [6.45, 7) is 16.9. The molecule has 2 heterocycles. The zero-order valence-corrected chi connectivity index (χ0v) is 23.0. The highest BCUT2D eigenvalue weighted by atomic mass is 32.2. The first kappa shape index (κ1) is 31.8. The molecule has 192 valence electrons. The van der Waals surface area contributed by atoms with Gasteiger partial charge in [0, 0.05) is 18.4 Å². The van der Waals surface area contributed by atoms with Crippen molar-refractivity contribution in [2.24, 2.45) is 0 Å². The highest BCUT2D eigenvalue weighted by Crippen LogP contribution is 2.47. The summed E-state index contributed by atoms with van der Waals surface area (Å²) in [7, 11) is -3.24. The van der Waals surface area contributed by atoms with Gasteiger partial charge in [0.15, 0.2) is 0 Å². The second-order valence-electron chi connectivity index (χ2n) is 7.86. The van der Waals surface area contributed by atoms with Crippen LogP contribution < -0.4 is 4.31 Å². The van der Waals surface area contributed by atoms with Gasteiger partial charge in [0.2, 0.25) is 10.0 Å². The van der Waals surface area contributed by atoms with Crippen LogP contribution in [0.15, 0.2) is 61.2 Å². The summed E-state index contributed by atoms with van der Waals surface area (Å²) in [5.41, 5.74) is 1.98. The molecule has 3 rings (SSSR count). The number of carbonyl (C=O) groups is 1. The van der Waals surface area contributed by atoms with E-state index >= 15 is 0 Å². The molecular formula is C28H46N2O3S. The topological polar surface area (TPSA) is 57.7 Å². The zero-order valence-electron chi connectivity index (χ0n) is 22.2. The zero-order chi connectivity index (χ0) is 26.0. The number of rotatable bonds is 7. The molecule has 0 atom stereocenters. The van der Waals surface area contributed by atoms with Crippen LogP contribution in [0.5, 0.6) is 0 Å². The Labute approximate surface area is 209 Å². The van der Waals surface area contributed by atoms with E-state index in [0.717, 1.165) is 50.9 Å². The first-order valence-corrected chi connectivity index (χ1v) is 14.4. The first-order chi connectivity index (χ1) is 16.4. The van der Waals surface area contributed by atoms with Gasteiger partial charge >= 0.3 is 0 Å². The van der Waals surface area contributed by atoms with Gasteiger partial charge in [0.25, 0.3) is 0 Å². The maximum absolute atomic E-state index is 12.1. The maximum Gasteiger partial charge on any atom is 0.232 e. The predicted molar refractivity (Wildman–Crippen MR) is 148 cm³/mol. The molecule has 0 aromatic heterocycles. The van der Waals surface area contributed by atoms with Gasteiger partial charge in [-0.1, -0.05) is 82.9 Å². The molecule has 0 radical (unpaired) electrons. The van der Waals surface area contributed by atoms with Crippen molar-refractivity contribution in [2.45, 2.75) is 65.7 Å². The van der Waals surface area contributed by atoms with Crippen LogP contribution in [-0.4, -0.2) is 52.0 Å². The van der Waals surface area contributed by atoms with E-state index in [1.54, 1.807) is 10.4 Å². The normalized spacial score (nSPS) is 16.6. The number of anilines is 1. The molecule has 0 bridgehead atoms. The number of nitrogens with zero attached hydrogens (tertiary/aromatic N) is 2. The van der Waals surface area contributed by atoms with Gasteiger partial charge in [-0.25, -0.2) is 8.42 Å². The van der Waals surface area contributed by atoms with Crippen molar-refractivity contribution in [1.82, 2.24) is 4.90 Å². The Morgan fingerprint density at radius 2 is 1.65 bits per heavy atom. The van der Waals surface area contributed by atoms with Crippen molar-refractivity contribution >= 4 is 22.0 Å². The van der Waals surface area contributed by atoms with E-state index in [4.69, 9.17) is 0 Å². The minimum atomic E-state index is -3.24. The lowest BCUT2D eigenvalue weighted by atomic mass is 9.74. The molecule has 2 aliphatic rings. The van der Waals surface area contributed by atoms with Crippen LogP contribution >= 0.6 is 0 Å². The fraction of sp³-hybridized carbons (Fsp3) is 0.536. The summed E-state index contributed by atoms with van der Waals surface area (Å²) < 4.78 is 25.9. The highest BCUT2D eigenvalue weighted by Gasteiger charge is 2.46. The fourth-order valence-corrected chi connectivity index (χ4v) is 5.16. The van der Waals surface area contributed by atoms with E-state index in [-0.39, 0.29) is 5.41 Å². The number of fused-ring (bicyclic) bond motifs is 2. The minimum Gasteiger partial charge on any atom is -0.303 e. The van der Waals surface area contributed by atoms with Crippen molar-refractivity contribution in [3.8, 4) is 0 Å². The van der Waals surface area contributed by atoms with Gasteiger partial charge in [-0.05, 0) is 57.5 Å². The second kappa shape index (κ2) is 17.3. The van der Waals surface area contributed by atoms with Crippen LogP contribution in [0.3, 0.4) is 0 Å². The van der Waals surface area contributed by atoms with Gasteiger partial charge in [-0.15, -0.1) is 0 Å². The van der Waals surface area contributed by atoms with E-state index in [1.165, 1.54) is 11.8 Å². The van der Waals surface area contributed by atoms with Crippen molar-refractivity contribution in [3.05, 3.63) is 66.8 Å². The first-order valence-electron chi connectivity index (χ1n) is 12.5. The van der Waals surface area contributed by atoms with Crippen molar-refractivity contribution < 1.29 is 13.2 Å². The molecule has 0 aliphatic carbocycles. The van der Waals surface area contributed by atoms with Crippen LogP contribution in [0, 0.1) is 0 Å². The van der Waals surface area contributed by atoms with E-state index in [1.807, 2.05) is 77.1 Å². The van der Waals surface area contributed by atoms with E-state index in [9.17, 15) is 13.2 Å². The molecule has 1 spiro atoms. The average Bonchev–Trinajstić information content (AvgIpc) is 3.19. The van der Waals surface area contributed by atoms with Crippen molar-refractivity contribution in [1.29, 1.82) is 0 Å². The summed E-state index contributed by atoms with van der Waals surface area (Å²) in [5.74, 6) is 0. The Morgan fingerprint density at radius 3 is 2.18 bits per heavy atom. The SMILES string of the molecule is C=C/C=C\C=C/C.CC.CC.CS(=O)(=O)N1CC2(CCN(CCCC=O)CC2)c2ccccc21. The molecule has 0 N–H and O–H groups in total. The van der Waals surface area contributed by atoms with Gasteiger partial charge < -0.3 is 9.69 Å². The lowest BCUT2D eigenvalue weighted by Gasteiger charge is -2.39. The molecule has 1 fully saturated rings. The van der Waals surface area contributed by atoms with E-state index in [0.29, 0.717) is 13.0 Å². The second-order valence-corrected chi connectivity index (χ2v) is 9.77. The van der Waals surface area contributed by atoms with Crippen LogP contribution in [0.25, 0.3) is 0 Å². The number of hydrogen-bond donors (Lipinski definition) is 0. The number of unbranched alkanes of at least 4 members (excludes halogenated alkanes) is 1.